The van der Waals surface area contributed by atoms with Gasteiger partial charge in [-0.25, -0.2) is 4.79 Å². The van der Waals surface area contributed by atoms with Crippen LogP contribution in [0.4, 0.5) is 0 Å². The van der Waals surface area contributed by atoms with Crippen LogP contribution in [0.15, 0.2) is 45.6 Å². The molecule has 0 unspecified atom stereocenters. The molecule has 0 spiro atoms. The Bertz CT molecular complexity index is 1060. The SMILES string of the molecule is COc1ccc2c(C)c(CCC(=O)NCc3ccc(C)cc3)c(=O)oc2c1C. The van der Waals surface area contributed by atoms with E-state index in [1.807, 2.05) is 57.2 Å². The summed E-state index contributed by atoms with van der Waals surface area (Å²) in [7, 11) is 1.59. The van der Waals surface area contributed by atoms with Crippen molar-refractivity contribution in [3.05, 3.63) is 74.6 Å². The van der Waals surface area contributed by atoms with Gasteiger partial charge < -0.3 is 14.5 Å². The molecule has 1 aromatic heterocycles. The Labute approximate surface area is 164 Å². The number of nitrogens with one attached hydrogen (secondary N) is 1. The highest BCUT2D eigenvalue weighted by atomic mass is 16.5. The first-order valence-corrected chi connectivity index (χ1v) is 9.33. The number of benzene rings is 2. The van der Waals surface area contributed by atoms with Crippen LogP contribution in [0.25, 0.3) is 11.0 Å². The van der Waals surface area contributed by atoms with Gasteiger partial charge in [0.05, 0.1) is 7.11 Å². The summed E-state index contributed by atoms with van der Waals surface area (Å²) in [4.78, 5) is 24.7. The van der Waals surface area contributed by atoms with Crippen molar-refractivity contribution >= 4 is 16.9 Å². The van der Waals surface area contributed by atoms with Crippen molar-refractivity contribution in [2.75, 3.05) is 7.11 Å². The molecule has 146 valence electrons. The van der Waals surface area contributed by atoms with E-state index in [1.165, 1.54) is 5.56 Å². The summed E-state index contributed by atoms with van der Waals surface area (Å²) < 4.78 is 10.8. The van der Waals surface area contributed by atoms with Gasteiger partial charge >= 0.3 is 5.63 Å². The highest BCUT2D eigenvalue weighted by Gasteiger charge is 2.16. The Kier molecular flexibility index (Phi) is 5.83. The van der Waals surface area contributed by atoms with Gasteiger partial charge in [0.25, 0.3) is 0 Å². The number of carbonyl (C=O) groups is 1. The molecule has 0 bridgehead atoms. The van der Waals surface area contributed by atoms with Crippen molar-refractivity contribution in [2.45, 2.75) is 40.2 Å². The monoisotopic (exact) mass is 379 g/mol. The molecule has 3 rings (SSSR count). The summed E-state index contributed by atoms with van der Waals surface area (Å²) in [5.74, 6) is 0.587. The van der Waals surface area contributed by atoms with Gasteiger partial charge in [0.2, 0.25) is 5.91 Å². The fourth-order valence-corrected chi connectivity index (χ4v) is 3.31. The highest BCUT2D eigenvalue weighted by molar-refractivity contribution is 5.85. The maximum absolute atomic E-state index is 12.5. The van der Waals surface area contributed by atoms with Crippen LogP contribution >= 0.6 is 0 Å². The number of ether oxygens (including phenoxy) is 1. The lowest BCUT2D eigenvalue weighted by atomic mass is 10.00. The molecule has 28 heavy (non-hydrogen) atoms. The molecular weight excluding hydrogens is 354 g/mol. The van der Waals surface area contributed by atoms with Crippen molar-refractivity contribution in [1.29, 1.82) is 0 Å². The van der Waals surface area contributed by atoms with E-state index in [0.717, 1.165) is 22.1 Å². The smallest absolute Gasteiger partial charge is 0.339 e. The minimum absolute atomic E-state index is 0.0922. The van der Waals surface area contributed by atoms with Crippen LogP contribution in [0.3, 0.4) is 0 Å². The molecule has 0 radical (unpaired) electrons. The summed E-state index contributed by atoms with van der Waals surface area (Å²) in [6.07, 6.45) is 0.576. The number of carbonyl (C=O) groups excluding carboxylic acids is 1. The lowest BCUT2D eigenvalue weighted by molar-refractivity contribution is -0.121. The Morgan fingerprint density at radius 1 is 1.04 bits per heavy atom. The van der Waals surface area contributed by atoms with Crippen molar-refractivity contribution in [1.82, 2.24) is 5.32 Å². The average Bonchev–Trinajstić information content (AvgIpc) is 2.68. The standard InChI is InChI=1S/C23H25NO4/c1-14-5-7-17(8-6-14)13-24-21(25)12-10-19-15(2)18-9-11-20(27-4)16(3)22(18)28-23(19)26/h5-9,11H,10,12-13H2,1-4H3,(H,24,25). The van der Waals surface area contributed by atoms with E-state index >= 15 is 0 Å². The molecule has 5 heteroatoms. The number of rotatable bonds is 6. The second kappa shape index (κ2) is 8.30. The van der Waals surface area contributed by atoms with Crippen LogP contribution in [-0.4, -0.2) is 13.0 Å². The number of methoxy groups -OCH3 is 1. The van der Waals surface area contributed by atoms with Crippen LogP contribution < -0.4 is 15.7 Å². The zero-order valence-corrected chi connectivity index (χ0v) is 16.7. The van der Waals surface area contributed by atoms with Gasteiger partial charge in [-0.1, -0.05) is 29.8 Å². The molecule has 0 atom stereocenters. The lowest BCUT2D eigenvalue weighted by Crippen LogP contribution is -2.24. The van der Waals surface area contributed by atoms with Crippen molar-refractivity contribution in [3.63, 3.8) is 0 Å². The summed E-state index contributed by atoms with van der Waals surface area (Å²) in [6.45, 7) is 6.26. The number of hydrogen-bond donors (Lipinski definition) is 1. The van der Waals surface area contributed by atoms with Gasteiger partial charge in [-0.15, -0.1) is 0 Å². The lowest BCUT2D eigenvalue weighted by Gasteiger charge is -2.11. The van der Waals surface area contributed by atoms with Gasteiger partial charge in [0.1, 0.15) is 11.3 Å². The molecule has 0 aliphatic carbocycles. The Balaban J connectivity index is 1.72. The molecule has 0 aliphatic heterocycles. The summed E-state index contributed by atoms with van der Waals surface area (Å²) in [5.41, 5.74) is 4.56. The van der Waals surface area contributed by atoms with Gasteiger partial charge in [-0.2, -0.15) is 0 Å². The van der Waals surface area contributed by atoms with Crippen molar-refractivity contribution in [3.8, 4) is 5.75 Å². The second-order valence-electron chi connectivity index (χ2n) is 7.02. The van der Waals surface area contributed by atoms with Crippen LogP contribution in [0.2, 0.25) is 0 Å². The summed E-state index contributed by atoms with van der Waals surface area (Å²) in [6, 6.07) is 11.8. The molecule has 3 aromatic rings. The highest BCUT2D eigenvalue weighted by Crippen LogP contribution is 2.29. The largest absolute Gasteiger partial charge is 0.496 e. The zero-order valence-electron chi connectivity index (χ0n) is 16.7. The van der Waals surface area contributed by atoms with Gasteiger partial charge in [-0.3, -0.25) is 4.79 Å². The third-order valence-corrected chi connectivity index (χ3v) is 5.09. The second-order valence-corrected chi connectivity index (χ2v) is 7.02. The number of amides is 1. The van der Waals surface area contributed by atoms with E-state index in [2.05, 4.69) is 5.32 Å². The third-order valence-electron chi connectivity index (χ3n) is 5.09. The van der Waals surface area contributed by atoms with E-state index in [1.54, 1.807) is 7.11 Å². The topological polar surface area (TPSA) is 68.5 Å². The average molecular weight is 379 g/mol. The number of fused-ring (bicyclic) bond motifs is 1. The first kappa shape index (κ1) is 19.7. The van der Waals surface area contributed by atoms with Crippen molar-refractivity contribution in [2.24, 2.45) is 0 Å². The fourth-order valence-electron chi connectivity index (χ4n) is 3.31. The number of hydrogen-bond acceptors (Lipinski definition) is 4. The molecule has 1 N–H and O–H groups in total. The van der Waals surface area contributed by atoms with Gasteiger partial charge in [0.15, 0.2) is 0 Å². The zero-order chi connectivity index (χ0) is 20.3. The molecule has 0 aliphatic rings. The first-order valence-electron chi connectivity index (χ1n) is 9.33. The van der Waals surface area contributed by atoms with Crippen LogP contribution in [-0.2, 0) is 17.8 Å². The van der Waals surface area contributed by atoms with Crippen LogP contribution in [0.1, 0.15) is 34.2 Å². The minimum atomic E-state index is -0.396. The van der Waals surface area contributed by atoms with Gasteiger partial charge in [-0.05, 0) is 50.5 Å². The minimum Gasteiger partial charge on any atom is -0.496 e. The van der Waals surface area contributed by atoms with Crippen LogP contribution in [0, 0.1) is 20.8 Å². The van der Waals surface area contributed by atoms with E-state index < -0.39 is 5.63 Å². The maximum Gasteiger partial charge on any atom is 0.339 e. The third kappa shape index (κ3) is 4.09. The normalized spacial score (nSPS) is 10.9. The molecule has 0 saturated heterocycles. The van der Waals surface area contributed by atoms with Crippen LogP contribution in [0.5, 0.6) is 5.75 Å². The summed E-state index contributed by atoms with van der Waals surface area (Å²) >= 11 is 0. The Hall–Kier alpha value is -3.08. The Morgan fingerprint density at radius 3 is 2.43 bits per heavy atom. The van der Waals surface area contributed by atoms with Gasteiger partial charge in [0, 0.05) is 29.5 Å². The predicted molar refractivity (Wildman–Crippen MR) is 110 cm³/mol. The molecule has 2 aromatic carbocycles. The summed E-state index contributed by atoms with van der Waals surface area (Å²) in [5, 5.41) is 3.77. The molecular formula is C23H25NO4. The Morgan fingerprint density at radius 2 is 1.75 bits per heavy atom. The predicted octanol–water partition coefficient (Wildman–Crippen LogP) is 3.98. The van der Waals surface area contributed by atoms with E-state index in [0.29, 0.717) is 29.9 Å². The van der Waals surface area contributed by atoms with E-state index in [-0.39, 0.29) is 12.3 Å². The fraction of sp³-hybridized carbons (Fsp3) is 0.304. The van der Waals surface area contributed by atoms with E-state index in [9.17, 15) is 9.59 Å². The molecule has 0 fully saturated rings. The first-order chi connectivity index (χ1) is 13.4. The molecule has 1 amide bonds. The number of aryl methyl sites for hydroxylation is 3. The quantitative estimate of drug-likeness (QED) is 0.658. The molecule has 5 nitrogen and oxygen atoms in total. The van der Waals surface area contributed by atoms with E-state index in [4.69, 9.17) is 9.15 Å². The molecule has 0 saturated carbocycles. The maximum atomic E-state index is 12.5. The molecule has 1 heterocycles. The van der Waals surface area contributed by atoms with Crippen molar-refractivity contribution < 1.29 is 13.9 Å².